The molecule has 4 rings (SSSR count). The quantitative estimate of drug-likeness (QED) is 0.0667. The molecule has 2 aliphatic rings. The van der Waals surface area contributed by atoms with Gasteiger partial charge >= 0.3 is 11.9 Å². The summed E-state index contributed by atoms with van der Waals surface area (Å²) in [6, 6.07) is -0.828. The van der Waals surface area contributed by atoms with Crippen LogP contribution in [0.1, 0.15) is 70.9 Å². The van der Waals surface area contributed by atoms with Gasteiger partial charge < -0.3 is 25.4 Å². The van der Waals surface area contributed by atoms with Gasteiger partial charge in [0.05, 0.1) is 18.7 Å². The Bertz CT molecular complexity index is 1450. The number of carbonyl (C=O) groups excluding carboxylic acids is 4. The number of hydrogen-bond donors (Lipinski definition) is 2. The standard InChI is InChI=1S/C30H45N9O6S3/c1-5-6-7-8-9-10-11-12-23(41)44-19(2)45-28(43)25-20(17-48-30-34-35-36-38(30)14-13-37(3)4)16-46-27-24(26(42)39(25)27)33-22(40)15-21-18-47-29(31)32-21/h18-19,24,27H,5-17H2,1-4H3,(H2,31,32)(H,33,40)/t19?,24-,27+/m1/s1. The van der Waals surface area contributed by atoms with Gasteiger partial charge in [-0.2, -0.15) is 0 Å². The fourth-order valence-electron chi connectivity index (χ4n) is 5.16. The first kappa shape index (κ1) is 37.6. The molecular formula is C30H45N9O6S3. The van der Waals surface area contributed by atoms with Crippen LogP contribution in [0, 0.1) is 0 Å². The lowest BCUT2D eigenvalue weighted by Gasteiger charge is -2.49. The molecule has 1 unspecified atom stereocenters. The van der Waals surface area contributed by atoms with Crippen molar-refractivity contribution in [3.63, 3.8) is 0 Å². The number of tetrazole rings is 1. The number of hydrogen-bond acceptors (Lipinski definition) is 15. The van der Waals surface area contributed by atoms with Gasteiger partial charge in [0.1, 0.15) is 17.1 Å². The van der Waals surface area contributed by atoms with Crippen molar-refractivity contribution in [1.29, 1.82) is 0 Å². The number of esters is 2. The van der Waals surface area contributed by atoms with Crippen molar-refractivity contribution in [1.82, 2.24) is 40.3 Å². The van der Waals surface area contributed by atoms with Crippen molar-refractivity contribution >= 4 is 63.7 Å². The number of β-lactam (4-membered cyclic amide) rings is 1. The van der Waals surface area contributed by atoms with E-state index >= 15 is 0 Å². The van der Waals surface area contributed by atoms with Crippen LogP contribution in [0.4, 0.5) is 5.13 Å². The summed E-state index contributed by atoms with van der Waals surface area (Å²) in [6.45, 7) is 4.97. The summed E-state index contributed by atoms with van der Waals surface area (Å²) in [5, 5.41) is 16.9. The zero-order valence-corrected chi connectivity index (χ0v) is 30.3. The number of anilines is 1. The highest BCUT2D eigenvalue weighted by Gasteiger charge is 2.54. The Hall–Kier alpha value is -3.22. The molecule has 0 saturated carbocycles. The molecule has 3 atom stereocenters. The molecule has 2 aromatic heterocycles. The number of carbonyl (C=O) groups is 4. The summed E-state index contributed by atoms with van der Waals surface area (Å²) >= 11 is 4.01. The second-order valence-corrected chi connectivity index (χ2v) is 14.8. The first-order valence-electron chi connectivity index (χ1n) is 16.2. The van der Waals surface area contributed by atoms with Crippen LogP contribution in [0.15, 0.2) is 21.8 Å². The molecule has 18 heteroatoms. The number of amides is 2. The normalized spacial score (nSPS) is 18.0. The fourth-order valence-corrected chi connectivity index (χ4v) is 8.11. The number of unbranched alkanes of at least 4 members (excludes halogenated alkanes) is 6. The molecule has 15 nitrogen and oxygen atoms in total. The maximum Gasteiger partial charge on any atom is 0.358 e. The van der Waals surface area contributed by atoms with E-state index in [4.69, 9.17) is 15.2 Å². The Labute approximate surface area is 293 Å². The summed E-state index contributed by atoms with van der Waals surface area (Å²) in [5.74, 6) is -1.33. The van der Waals surface area contributed by atoms with E-state index in [1.54, 1.807) is 10.1 Å². The van der Waals surface area contributed by atoms with E-state index in [2.05, 4.69) is 32.7 Å². The van der Waals surface area contributed by atoms with Gasteiger partial charge in [-0.3, -0.25) is 19.3 Å². The molecule has 0 aliphatic carbocycles. The summed E-state index contributed by atoms with van der Waals surface area (Å²) < 4.78 is 12.7. The van der Waals surface area contributed by atoms with E-state index in [0.717, 1.165) is 25.8 Å². The van der Waals surface area contributed by atoms with Crippen molar-refractivity contribution in [2.45, 2.75) is 101 Å². The molecule has 0 radical (unpaired) electrons. The van der Waals surface area contributed by atoms with Crippen molar-refractivity contribution in [3.05, 3.63) is 22.3 Å². The Morgan fingerprint density at radius 1 is 1.17 bits per heavy atom. The van der Waals surface area contributed by atoms with Crippen molar-refractivity contribution < 1.29 is 28.7 Å². The van der Waals surface area contributed by atoms with Gasteiger partial charge in [-0.1, -0.05) is 57.2 Å². The largest absolute Gasteiger partial charge is 0.425 e. The van der Waals surface area contributed by atoms with Gasteiger partial charge in [0.15, 0.2) is 5.13 Å². The van der Waals surface area contributed by atoms with Crippen LogP contribution in [-0.4, -0.2) is 109 Å². The molecule has 48 heavy (non-hydrogen) atoms. The van der Waals surface area contributed by atoms with Crippen molar-refractivity contribution in [2.75, 3.05) is 37.9 Å². The number of nitrogens with zero attached hydrogens (tertiary/aromatic N) is 7. The minimum absolute atomic E-state index is 0.0220. The highest BCUT2D eigenvalue weighted by Crippen LogP contribution is 2.42. The van der Waals surface area contributed by atoms with Crippen LogP contribution < -0.4 is 11.1 Å². The number of fused-ring (bicyclic) bond motifs is 1. The van der Waals surface area contributed by atoms with Crippen LogP contribution in [0.3, 0.4) is 0 Å². The third-order valence-electron chi connectivity index (χ3n) is 7.66. The van der Waals surface area contributed by atoms with Crippen molar-refractivity contribution in [3.8, 4) is 0 Å². The van der Waals surface area contributed by atoms with Gasteiger partial charge in [0.2, 0.25) is 17.4 Å². The summed E-state index contributed by atoms with van der Waals surface area (Å²) in [5.41, 5.74) is 6.92. The average molecular weight is 724 g/mol. The molecule has 1 fully saturated rings. The van der Waals surface area contributed by atoms with Gasteiger partial charge in [-0.05, 0) is 36.5 Å². The molecule has 2 aliphatic heterocycles. The van der Waals surface area contributed by atoms with E-state index in [9.17, 15) is 19.2 Å². The van der Waals surface area contributed by atoms with E-state index < -0.39 is 35.6 Å². The smallest absolute Gasteiger partial charge is 0.358 e. The van der Waals surface area contributed by atoms with Crippen LogP contribution in [-0.2, 0) is 41.6 Å². The predicted octanol–water partition coefficient (Wildman–Crippen LogP) is 2.84. The number of nitrogens with two attached hydrogens (primary N) is 1. The van der Waals surface area contributed by atoms with Crippen LogP contribution in [0.25, 0.3) is 0 Å². The number of nitrogens with one attached hydrogen (secondary N) is 1. The van der Waals surface area contributed by atoms with E-state index in [0.29, 0.717) is 46.0 Å². The molecular weight excluding hydrogens is 679 g/mol. The van der Waals surface area contributed by atoms with Gasteiger partial charge in [0, 0.05) is 36.8 Å². The zero-order chi connectivity index (χ0) is 34.6. The predicted molar refractivity (Wildman–Crippen MR) is 184 cm³/mol. The van der Waals surface area contributed by atoms with Gasteiger partial charge in [-0.15, -0.1) is 28.2 Å². The van der Waals surface area contributed by atoms with Crippen LogP contribution in [0.5, 0.6) is 0 Å². The molecule has 2 aromatic rings. The third kappa shape index (κ3) is 10.6. The zero-order valence-electron chi connectivity index (χ0n) is 27.9. The Kier molecular flexibility index (Phi) is 14.5. The fraction of sp³-hybridized carbons (Fsp3) is 0.667. The molecule has 0 spiro atoms. The second-order valence-electron chi connectivity index (χ2n) is 11.9. The SMILES string of the molecule is CCCCCCCCCC(=O)OC(C)OC(=O)C1=C(CSc2nnnn2CCN(C)C)CS[C@H]2[C@H](NC(=O)Cc3csc(N)n3)C(=O)N12. The topological polar surface area (TPSA) is 188 Å². The Morgan fingerprint density at radius 3 is 2.62 bits per heavy atom. The van der Waals surface area contributed by atoms with Crippen molar-refractivity contribution in [2.24, 2.45) is 0 Å². The number of nitrogen functional groups attached to an aromatic ring is 1. The Morgan fingerprint density at radius 2 is 1.92 bits per heavy atom. The molecule has 1 saturated heterocycles. The first-order valence-corrected chi connectivity index (χ1v) is 19.1. The summed E-state index contributed by atoms with van der Waals surface area (Å²) in [6.07, 6.45) is 6.53. The van der Waals surface area contributed by atoms with E-state index in [-0.39, 0.29) is 24.4 Å². The maximum absolute atomic E-state index is 13.7. The summed E-state index contributed by atoms with van der Waals surface area (Å²) in [7, 11) is 3.91. The summed E-state index contributed by atoms with van der Waals surface area (Å²) in [4.78, 5) is 59.8. The third-order valence-corrected chi connectivity index (χ3v) is 10.8. The minimum Gasteiger partial charge on any atom is -0.425 e. The number of rotatable bonds is 20. The first-order chi connectivity index (χ1) is 23.1. The molecule has 264 valence electrons. The van der Waals surface area contributed by atoms with E-state index in [1.807, 2.05) is 19.0 Å². The lowest BCUT2D eigenvalue weighted by Crippen LogP contribution is -2.70. The second kappa shape index (κ2) is 18.5. The molecule has 4 heterocycles. The lowest BCUT2D eigenvalue weighted by molar-refractivity contribution is -0.184. The molecule has 0 bridgehead atoms. The number of thioether (sulfide) groups is 2. The van der Waals surface area contributed by atoms with Gasteiger partial charge in [-0.25, -0.2) is 14.5 Å². The average Bonchev–Trinajstić information content (AvgIpc) is 3.68. The monoisotopic (exact) mass is 723 g/mol. The highest BCUT2D eigenvalue weighted by molar-refractivity contribution is 8.01. The molecule has 2 amide bonds. The van der Waals surface area contributed by atoms with Crippen LogP contribution >= 0.6 is 34.9 Å². The lowest BCUT2D eigenvalue weighted by atomic mass is 10.0. The van der Waals surface area contributed by atoms with Gasteiger partial charge in [0.25, 0.3) is 5.91 Å². The van der Waals surface area contributed by atoms with Crippen LogP contribution in [0.2, 0.25) is 0 Å². The highest BCUT2D eigenvalue weighted by atomic mass is 32.2. The maximum atomic E-state index is 13.7. The number of thiazole rings is 1. The van der Waals surface area contributed by atoms with E-state index in [1.165, 1.54) is 65.9 Å². The number of ether oxygens (including phenoxy) is 2. The minimum atomic E-state index is -1.15. The number of aromatic nitrogens is 5. The molecule has 0 aromatic carbocycles. The Balaban J connectivity index is 1.40. The number of likely N-dealkylation sites (N-methyl/N-ethyl adjacent to an activating group) is 1. The molecule has 3 N–H and O–H groups in total.